The number of sulfonamides is 1. The Hall–Kier alpha value is -2.19. The van der Waals surface area contributed by atoms with E-state index in [9.17, 15) is 13.2 Å². The number of hydrogen-bond donors (Lipinski definition) is 1. The summed E-state index contributed by atoms with van der Waals surface area (Å²) in [5.74, 6) is -0.226. The summed E-state index contributed by atoms with van der Waals surface area (Å²) in [6, 6.07) is 6.20. The van der Waals surface area contributed by atoms with Crippen LogP contribution in [-0.2, 0) is 28.4 Å². The molecule has 0 spiro atoms. The quantitative estimate of drug-likeness (QED) is 0.799. The zero-order valence-electron chi connectivity index (χ0n) is 12.7. The second kappa shape index (κ2) is 6.29. The first kappa shape index (κ1) is 16.2. The summed E-state index contributed by atoms with van der Waals surface area (Å²) in [6.07, 6.45) is 5.40. The summed E-state index contributed by atoms with van der Waals surface area (Å²) in [5, 5.41) is 2.70. The van der Waals surface area contributed by atoms with Gasteiger partial charge >= 0.3 is 0 Å². The number of rotatable bonds is 5. The molecule has 0 unspecified atom stereocenters. The van der Waals surface area contributed by atoms with E-state index in [4.69, 9.17) is 0 Å². The maximum Gasteiger partial charge on any atom is 0.266 e. The summed E-state index contributed by atoms with van der Waals surface area (Å²) in [7, 11) is 1.28. The lowest BCUT2D eigenvalue weighted by Crippen LogP contribution is -2.25. The van der Waals surface area contributed by atoms with Gasteiger partial charge in [-0.1, -0.05) is 6.07 Å². The molecule has 1 heterocycles. The van der Waals surface area contributed by atoms with E-state index in [1.165, 1.54) is 26.2 Å². The number of imidazole rings is 1. The minimum Gasteiger partial charge on any atom is -0.323 e. The molecule has 1 aromatic heterocycles. The van der Waals surface area contributed by atoms with E-state index in [0.717, 1.165) is 4.31 Å². The monoisotopic (exact) mass is 323 g/mol. The van der Waals surface area contributed by atoms with Gasteiger partial charge < -0.3 is 5.32 Å². The molecule has 0 saturated carbocycles. The summed E-state index contributed by atoms with van der Waals surface area (Å²) >= 11 is 0. The molecule has 22 heavy (non-hydrogen) atoms. The highest BCUT2D eigenvalue weighted by Gasteiger charge is 2.17. The lowest BCUT2D eigenvalue weighted by Gasteiger charge is -2.12. The topological polar surface area (TPSA) is 75.3 Å². The van der Waals surface area contributed by atoms with E-state index >= 15 is 0 Å². The Balaban J connectivity index is 2.12. The van der Waals surface area contributed by atoms with Gasteiger partial charge in [-0.15, -0.1) is 0 Å². The van der Waals surface area contributed by atoms with Gasteiger partial charge in [-0.05, 0) is 18.2 Å². The summed E-state index contributed by atoms with van der Waals surface area (Å²) < 4.78 is 28.8. The van der Waals surface area contributed by atoms with Crippen LogP contribution in [0.2, 0.25) is 0 Å². The molecule has 1 N–H and O–H groups in total. The molecule has 0 aliphatic heterocycles. The minimum atomic E-state index is -3.52. The lowest BCUT2D eigenvalue weighted by atomic mass is 10.3. The molecule has 2 aromatic rings. The molecule has 0 saturated heterocycles. The summed E-state index contributed by atoms with van der Waals surface area (Å²) in [6.45, 7) is 0.158. The summed E-state index contributed by atoms with van der Waals surface area (Å²) in [4.78, 5) is 12.1. The number of carbonyl (C=O) groups is 1. The van der Waals surface area contributed by atoms with Crippen molar-refractivity contribution in [3.8, 4) is 0 Å². The van der Waals surface area contributed by atoms with Gasteiger partial charge in [0.2, 0.25) is 16.4 Å². The first-order valence-corrected chi connectivity index (χ1v) is 8.06. The zero-order valence-corrected chi connectivity index (χ0v) is 13.5. The van der Waals surface area contributed by atoms with Crippen LogP contribution in [-0.4, -0.2) is 37.3 Å². The highest BCUT2D eigenvalue weighted by Crippen LogP contribution is 2.17. The van der Waals surface area contributed by atoms with E-state index in [-0.39, 0.29) is 17.3 Å². The van der Waals surface area contributed by atoms with Gasteiger partial charge in [0.25, 0.3) is 5.91 Å². The second-order valence-electron chi connectivity index (χ2n) is 5.11. The van der Waals surface area contributed by atoms with Gasteiger partial charge in [-0.2, -0.15) is 0 Å². The van der Waals surface area contributed by atoms with Crippen molar-refractivity contribution < 1.29 is 17.8 Å². The molecule has 0 radical (unpaired) electrons. The summed E-state index contributed by atoms with van der Waals surface area (Å²) in [5.41, 5.74) is 0.449. The normalized spacial score (nSPS) is 11.6. The van der Waals surface area contributed by atoms with E-state index in [0.29, 0.717) is 5.69 Å². The van der Waals surface area contributed by atoms with Crippen LogP contribution in [0, 0.1) is 0 Å². The van der Waals surface area contributed by atoms with E-state index in [2.05, 4.69) is 5.32 Å². The molecule has 7 nitrogen and oxygen atoms in total. The lowest BCUT2D eigenvalue weighted by molar-refractivity contribution is -0.671. The molecule has 0 atom stereocenters. The molecule has 1 amide bonds. The third-order valence-electron chi connectivity index (χ3n) is 3.05. The van der Waals surface area contributed by atoms with E-state index in [1.807, 2.05) is 17.8 Å². The maximum atomic E-state index is 12.1. The van der Waals surface area contributed by atoms with Crippen molar-refractivity contribution in [1.82, 2.24) is 8.87 Å². The third kappa shape index (κ3) is 3.71. The molecule has 8 heteroatoms. The van der Waals surface area contributed by atoms with Crippen LogP contribution in [0.5, 0.6) is 0 Å². The number of amides is 1. The fourth-order valence-electron chi connectivity index (χ4n) is 1.91. The Morgan fingerprint density at radius 3 is 2.68 bits per heavy atom. The van der Waals surface area contributed by atoms with Crippen LogP contribution in [0.15, 0.2) is 47.9 Å². The van der Waals surface area contributed by atoms with E-state index in [1.54, 1.807) is 29.2 Å². The van der Waals surface area contributed by atoms with E-state index < -0.39 is 10.0 Å². The molecule has 118 valence electrons. The van der Waals surface area contributed by atoms with Crippen LogP contribution in [0.25, 0.3) is 0 Å². The predicted molar refractivity (Wildman–Crippen MR) is 81.6 cm³/mol. The first-order chi connectivity index (χ1) is 10.3. The Bertz CT molecular complexity index is 781. The number of anilines is 1. The van der Waals surface area contributed by atoms with Crippen molar-refractivity contribution in [1.29, 1.82) is 0 Å². The Morgan fingerprint density at radius 1 is 1.36 bits per heavy atom. The molecule has 1 aromatic carbocycles. The van der Waals surface area contributed by atoms with Crippen molar-refractivity contribution in [2.24, 2.45) is 7.05 Å². The van der Waals surface area contributed by atoms with Crippen LogP contribution in [0.4, 0.5) is 5.69 Å². The average molecular weight is 323 g/mol. The second-order valence-corrected chi connectivity index (χ2v) is 7.27. The number of aromatic nitrogens is 2. The largest absolute Gasteiger partial charge is 0.323 e. The molecular formula is C14H19N4O3S+. The van der Waals surface area contributed by atoms with Crippen molar-refractivity contribution >= 4 is 21.6 Å². The molecule has 0 fully saturated rings. The Kier molecular flexibility index (Phi) is 4.62. The fourth-order valence-corrected chi connectivity index (χ4v) is 2.85. The first-order valence-electron chi connectivity index (χ1n) is 6.62. The van der Waals surface area contributed by atoms with Crippen LogP contribution in [0.3, 0.4) is 0 Å². The highest BCUT2D eigenvalue weighted by molar-refractivity contribution is 7.89. The van der Waals surface area contributed by atoms with Gasteiger partial charge in [0.1, 0.15) is 12.4 Å². The average Bonchev–Trinajstić information content (AvgIpc) is 2.84. The van der Waals surface area contributed by atoms with Crippen LogP contribution >= 0.6 is 0 Å². The van der Waals surface area contributed by atoms with Crippen molar-refractivity contribution in [2.45, 2.75) is 11.4 Å². The smallest absolute Gasteiger partial charge is 0.266 e. The third-order valence-corrected chi connectivity index (χ3v) is 4.86. The standard InChI is InChI=1S/C14H18N4O3S/c1-16(2)22(20,21)13-6-4-5-12(9-13)15-14(19)10-18-8-7-17(3)11-18/h4-9,11H,10H2,1-3H3/p+1. The van der Waals surface area contributed by atoms with Crippen LogP contribution in [0.1, 0.15) is 0 Å². The fraction of sp³-hybridized carbons (Fsp3) is 0.286. The van der Waals surface area contributed by atoms with Gasteiger partial charge in [0.05, 0.1) is 11.9 Å². The number of carbonyl (C=O) groups excluding carboxylic acids is 1. The molecular weight excluding hydrogens is 304 g/mol. The number of aryl methyl sites for hydroxylation is 1. The van der Waals surface area contributed by atoms with Gasteiger partial charge in [-0.25, -0.2) is 21.9 Å². The maximum absolute atomic E-state index is 12.1. The van der Waals surface area contributed by atoms with Crippen molar-refractivity contribution in [3.05, 3.63) is 43.0 Å². The Labute approximate surface area is 129 Å². The molecule has 0 aliphatic rings. The molecule has 0 bridgehead atoms. The van der Waals surface area contributed by atoms with Crippen molar-refractivity contribution in [3.63, 3.8) is 0 Å². The highest BCUT2D eigenvalue weighted by atomic mass is 32.2. The predicted octanol–water partition coefficient (Wildman–Crippen LogP) is 0.202. The molecule has 0 aliphatic carbocycles. The van der Waals surface area contributed by atoms with Gasteiger partial charge in [0.15, 0.2) is 6.54 Å². The van der Waals surface area contributed by atoms with Gasteiger partial charge in [-0.3, -0.25) is 4.79 Å². The number of nitrogens with one attached hydrogen (secondary N) is 1. The minimum absolute atomic E-state index is 0.141. The number of nitrogens with zero attached hydrogens (tertiary/aromatic N) is 3. The number of benzene rings is 1. The SMILES string of the molecule is CN(C)S(=O)(=O)c1cccc(NC(=O)Cn2cc[n+](C)c2)c1. The van der Waals surface area contributed by atoms with Crippen molar-refractivity contribution in [2.75, 3.05) is 19.4 Å². The van der Waals surface area contributed by atoms with Crippen LogP contribution < -0.4 is 9.88 Å². The van der Waals surface area contributed by atoms with Gasteiger partial charge in [0, 0.05) is 19.8 Å². The number of hydrogen-bond acceptors (Lipinski definition) is 3. The Morgan fingerprint density at radius 2 is 2.09 bits per heavy atom. The molecule has 2 rings (SSSR count). The zero-order chi connectivity index (χ0) is 16.3.